The molecule has 96 valence electrons. The van der Waals surface area contributed by atoms with Crippen molar-refractivity contribution in [2.24, 2.45) is 5.92 Å². The Hall–Kier alpha value is -2.01. The van der Waals surface area contributed by atoms with Gasteiger partial charge in [-0.15, -0.1) is 0 Å². The van der Waals surface area contributed by atoms with Gasteiger partial charge < -0.3 is 19.7 Å². The lowest BCUT2D eigenvalue weighted by Gasteiger charge is -2.17. The predicted molar refractivity (Wildman–Crippen MR) is 63.2 cm³/mol. The van der Waals surface area contributed by atoms with Gasteiger partial charge in [-0.1, -0.05) is 12.6 Å². The van der Waals surface area contributed by atoms with Crippen LogP contribution in [-0.4, -0.2) is 29.9 Å². The van der Waals surface area contributed by atoms with Crippen LogP contribution in [0.4, 0.5) is 0 Å². The fourth-order valence-electron chi connectivity index (χ4n) is 1.90. The molecule has 0 spiro atoms. The molecule has 18 heavy (non-hydrogen) atoms. The smallest absolute Gasteiger partial charge is 0.333 e. The van der Waals surface area contributed by atoms with Crippen molar-refractivity contribution in [3.8, 4) is 11.5 Å². The Morgan fingerprint density at radius 3 is 2.83 bits per heavy atom. The van der Waals surface area contributed by atoms with Crippen LogP contribution in [0.2, 0.25) is 0 Å². The number of hydrogen-bond donors (Lipinski definition) is 2. The van der Waals surface area contributed by atoms with Crippen molar-refractivity contribution in [2.75, 3.05) is 13.7 Å². The highest BCUT2D eigenvalue weighted by Crippen LogP contribution is 2.36. The summed E-state index contributed by atoms with van der Waals surface area (Å²) in [5.41, 5.74) is 0.795. The van der Waals surface area contributed by atoms with Gasteiger partial charge in [0.15, 0.2) is 11.5 Å². The van der Waals surface area contributed by atoms with E-state index in [1.165, 1.54) is 19.2 Å². The van der Waals surface area contributed by atoms with Crippen LogP contribution < -0.4 is 4.74 Å². The summed E-state index contributed by atoms with van der Waals surface area (Å²) in [6.45, 7) is 3.72. The molecule has 0 bridgehead atoms. The average molecular weight is 250 g/mol. The van der Waals surface area contributed by atoms with Gasteiger partial charge in [0, 0.05) is 5.57 Å². The lowest BCUT2D eigenvalue weighted by Crippen LogP contribution is -2.14. The van der Waals surface area contributed by atoms with E-state index < -0.39 is 18.0 Å². The number of aromatic hydroxyl groups is 1. The first-order chi connectivity index (χ1) is 8.54. The molecule has 1 aliphatic rings. The zero-order chi connectivity index (χ0) is 13.3. The highest BCUT2D eigenvalue weighted by molar-refractivity contribution is 5.90. The van der Waals surface area contributed by atoms with Crippen LogP contribution in [0.3, 0.4) is 0 Å². The highest BCUT2D eigenvalue weighted by atomic mass is 16.5. The van der Waals surface area contributed by atoms with Crippen LogP contribution in [0.1, 0.15) is 11.7 Å². The average Bonchev–Trinajstić information content (AvgIpc) is 2.70. The molecule has 0 saturated carbocycles. The maximum absolute atomic E-state index is 11.2. The molecule has 0 unspecified atom stereocenters. The molecule has 2 N–H and O–H groups in total. The Balaban J connectivity index is 2.26. The van der Waals surface area contributed by atoms with Crippen LogP contribution in [0.15, 0.2) is 30.4 Å². The van der Waals surface area contributed by atoms with E-state index in [9.17, 15) is 15.0 Å². The van der Waals surface area contributed by atoms with Crippen LogP contribution >= 0.6 is 0 Å². The molecule has 2 rings (SSSR count). The maximum atomic E-state index is 11.2. The quantitative estimate of drug-likeness (QED) is 0.622. The molecule has 1 fully saturated rings. The summed E-state index contributed by atoms with van der Waals surface area (Å²) in [7, 11) is 1.42. The van der Waals surface area contributed by atoms with Gasteiger partial charge in [-0.05, 0) is 17.7 Å². The number of methoxy groups -OCH3 is 1. The van der Waals surface area contributed by atoms with Crippen molar-refractivity contribution in [1.29, 1.82) is 0 Å². The van der Waals surface area contributed by atoms with E-state index in [0.29, 0.717) is 5.56 Å². The molecule has 1 aromatic carbocycles. The lowest BCUT2D eigenvalue weighted by molar-refractivity contribution is -0.135. The van der Waals surface area contributed by atoms with Crippen LogP contribution in [0.5, 0.6) is 11.5 Å². The highest BCUT2D eigenvalue weighted by Gasteiger charge is 2.35. The number of esters is 1. The fraction of sp³-hybridized carbons (Fsp3) is 0.308. The SMILES string of the molecule is C=C1C(=O)OC[C@H]1[C@@H](O)c1ccc(O)c(OC)c1. The monoisotopic (exact) mass is 250 g/mol. The number of phenols is 1. The summed E-state index contributed by atoms with van der Waals surface area (Å²) in [5, 5.41) is 19.7. The number of rotatable bonds is 3. The van der Waals surface area contributed by atoms with Crippen molar-refractivity contribution < 1.29 is 24.5 Å². The third-order valence-corrected chi connectivity index (χ3v) is 3.03. The summed E-state index contributed by atoms with van der Waals surface area (Å²) >= 11 is 0. The van der Waals surface area contributed by atoms with Crippen molar-refractivity contribution >= 4 is 5.97 Å². The standard InChI is InChI=1S/C13H14O5/c1-7-9(6-18-13(7)16)12(15)8-3-4-10(14)11(5-8)17-2/h3-5,9,12,14-15H,1,6H2,2H3/t9-,12+/m1/s1. The molecule has 0 radical (unpaired) electrons. The number of hydrogen-bond acceptors (Lipinski definition) is 5. The van der Waals surface area contributed by atoms with Crippen LogP contribution in [-0.2, 0) is 9.53 Å². The number of aliphatic hydroxyl groups is 1. The predicted octanol–water partition coefficient (Wildman–Crippen LogP) is 1.16. The number of carbonyl (C=O) groups is 1. The molecule has 2 atom stereocenters. The molecule has 1 aromatic rings. The normalized spacial score (nSPS) is 20.7. The summed E-state index contributed by atoms with van der Waals surface area (Å²) in [6, 6.07) is 4.52. The minimum atomic E-state index is -0.918. The third kappa shape index (κ3) is 2.04. The second kappa shape index (κ2) is 4.70. The Morgan fingerprint density at radius 1 is 1.56 bits per heavy atom. The van der Waals surface area contributed by atoms with E-state index in [-0.39, 0.29) is 23.7 Å². The first kappa shape index (κ1) is 12.4. The lowest BCUT2D eigenvalue weighted by atomic mass is 9.92. The third-order valence-electron chi connectivity index (χ3n) is 3.03. The number of benzene rings is 1. The number of aliphatic hydroxyl groups excluding tert-OH is 1. The largest absolute Gasteiger partial charge is 0.504 e. The van der Waals surface area contributed by atoms with Crippen molar-refractivity contribution in [1.82, 2.24) is 0 Å². The molecule has 0 amide bonds. The van der Waals surface area contributed by atoms with E-state index in [4.69, 9.17) is 9.47 Å². The molecule has 1 saturated heterocycles. The second-order valence-corrected chi connectivity index (χ2v) is 4.11. The van der Waals surface area contributed by atoms with Gasteiger partial charge in [-0.2, -0.15) is 0 Å². The minimum absolute atomic E-state index is 0.00831. The molecular weight excluding hydrogens is 236 g/mol. The number of ether oxygens (including phenoxy) is 2. The minimum Gasteiger partial charge on any atom is -0.504 e. The van der Waals surface area contributed by atoms with E-state index in [0.717, 1.165) is 0 Å². The Morgan fingerprint density at radius 2 is 2.28 bits per heavy atom. The molecule has 1 aliphatic heterocycles. The topological polar surface area (TPSA) is 76.0 Å². The van der Waals surface area contributed by atoms with E-state index in [2.05, 4.69) is 6.58 Å². The Labute approximate surface area is 104 Å². The summed E-state index contributed by atoms with van der Waals surface area (Å²) in [6.07, 6.45) is -0.918. The zero-order valence-electron chi connectivity index (χ0n) is 9.92. The van der Waals surface area contributed by atoms with E-state index in [1.807, 2.05) is 0 Å². The van der Waals surface area contributed by atoms with Crippen molar-refractivity contribution in [3.05, 3.63) is 35.9 Å². The summed E-state index contributed by atoms with van der Waals surface area (Å²) in [4.78, 5) is 11.2. The van der Waals surface area contributed by atoms with Gasteiger partial charge in [0.25, 0.3) is 0 Å². The molecule has 5 heteroatoms. The molecule has 0 aliphatic carbocycles. The van der Waals surface area contributed by atoms with Gasteiger partial charge in [0.1, 0.15) is 6.61 Å². The first-order valence-corrected chi connectivity index (χ1v) is 5.45. The number of cyclic esters (lactones) is 1. The second-order valence-electron chi connectivity index (χ2n) is 4.11. The van der Waals surface area contributed by atoms with Crippen molar-refractivity contribution in [3.63, 3.8) is 0 Å². The van der Waals surface area contributed by atoms with Gasteiger partial charge in [0.05, 0.1) is 19.1 Å². The zero-order valence-corrected chi connectivity index (χ0v) is 9.92. The van der Waals surface area contributed by atoms with Crippen molar-refractivity contribution in [2.45, 2.75) is 6.10 Å². The van der Waals surface area contributed by atoms with Gasteiger partial charge >= 0.3 is 5.97 Å². The maximum Gasteiger partial charge on any atom is 0.333 e. The first-order valence-electron chi connectivity index (χ1n) is 5.45. The van der Waals surface area contributed by atoms with Crippen LogP contribution in [0.25, 0.3) is 0 Å². The molecular formula is C13H14O5. The Bertz CT molecular complexity index is 494. The van der Waals surface area contributed by atoms with Gasteiger partial charge in [0.2, 0.25) is 0 Å². The molecule has 0 aromatic heterocycles. The fourth-order valence-corrected chi connectivity index (χ4v) is 1.90. The van der Waals surface area contributed by atoms with Gasteiger partial charge in [-0.25, -0.2) is 4.79 Å². The summed E-state index contributed by atoms with van der Waals surface area (Å²) < 4.78 is 9.79. The number of phenolic OH excluding ortho intramolecular Hbond substituents is 1. The molecule has 1 heterocycles. The van der Waals surface area contributed by atoms with Gasteiger partial charge in [-0.3, -0.25) is 0 Å². The van der Waals surface area contributed by atoms with E-state index >= 15 is 0 Å². The number of carbonyl (C=O) groups excluding carboxylic acids is 1. The Kier molecular flexibility index (Phi) is 3.25. The van der Waals surface area contributed by atoms with E-state index in [1.54, 1.807) is 6.07 Å². The summed E-state index contributed by atoms with van der Waals surface area (Å²) in [5.74, 6) is -0.690. The van der Waals surface area contributed by atoms with Crippen LogP contribution in [0, 0.1) is 5.92 Å². The molecule has 5 nitrogen and oxygen atoms in total.